The minimum absolute atomic E-state index is 0.187. The number of nitrogens with two attached hydrogens (primary N) is 1. The van der Waals surface area contributed by atoms with Gasteiger partial charge < -0.3 is 15.4 Å². The van der Waals surface area contributed by atoms with Crippen LogP contribution in [0.5, 0.6) is 5.75 Å². The van der Waals surface area contributed by atoms with Crippen LogP contribution in [0.4, 0.5) is 22.9 Å². The molecule has 1 atom stereocenters. The first kappa shape index (κ1) is 23.9. The van der Waals surface area contributed by atoms with Crippen LogP contribution in [-0.2, 0) is 14.4 Å². The number of anilines is 4. The summed E-state index contributed by atoms with van der Waals surface area (Å²) in [6.07, 6.45) is 1.56. The van der Waals surface area contributed by atoms with Crippen LogP contribution in [0.25, 0.3) is 0 Å². The second-order valence-corrected chi connectivity index (χ2v) is 8.31. The Morgan fingerprint density at radius 1 is 1.00 bits per heavy atom. The number of amides is 3. The highest BCUT2D eigenvalue weighted by atomic mass is 16.5. The molecule has 0 radical (unpaired) electrons. The number of nitrogens with zero attached hydrogens (tertiary/aromatic N) is 4. The monoisotopic (exact) mass is 473 g/mol. The Bertz CT molecular complexity index is 1230. The summed E-state index contributed by atoms with van der Waals surface area (Å²) in [4.78, 5) is 48.7. The number of carbonyl (C=O) groups excluding carboxylic acids is 3. The van der Waals surface area contributed by atoms with Crippen molar-refractivity contribution in [2.45, 2.75) is 25.9 Å². The van der Waals surface area contributed by atoms with Gasteiger partial charge >= 0.3 is 0 Å². The Balaban J connectivity index is 1.74. The van der Waals surface area contributed by atoms with Gasteiger partial charge in [-0.25, -0.2) is 4.98 Å². The quantitative estimate of drug-likeness (QED) is 0.552. The SMILES string of the molecule is COc1ccc(N(C(=O)CN2C(=O)C(N)C(=O)N(c3ccccn3)c3ccccc32)C(C)C)cc1. The Morgan fingerprint density at radius 3 is 2.26 bits per heavy atom. The van der Waals surface area contributed by atoms with Crippen LogP contribution in [0, 0.1) is 0 Å². The smallest absolute Gasteiger partial charge is 0.259 e. The number of aromatic nitrogens is 1. The van der Waals surface area contributed by atoms with E-state index >= 15 is 0 Å². The van der Waals surface area contributed by atoms with Gasteiger partial charge in [0.05, 0.1) is 18.5 Å². The van der Waals surface area contributed by atoms with Gasteiger partial charge in [0.2, 0.25) is 5.91 Å². The van der Waals surface area contributed by atoms with Crippen molar-refractivity contribution in [1.29, 1.82) is 0 Å². The molecule has 35 heavy (non-hydrogen) atoms. The molecule has 9 nitrogen and oxygen atoms in total. The maximum Gasteiger partial charge on any atom is 0.259 e. The molecule has 1 unspecified atom stereocenters. The van der Waals surface area contributed by atoms with E-state index in [1.807, 2.05) is 13.8 Å². The van der Waals surface area contributed by atoms with E-state index in [-0.39, 0.29) is 18.5 Å². The average Bonchev–Trinajstić information content (AvgIpc) is 2.94. The van der Waals surface area contributed by atoms with Crippen LogP contribution in [0.3, 0.4) is 0 Å². The number of fused-ring (bicyclic) bond motifs is 1. The highest BCUT2D eigenvalue weighted by Gasteiger charge is 2.40. The summed E-state index contributed by atoms with van der Waals surface area (Å²) in [5.41, 5.74) is 7.61. The number of methoxy groups -OCH3 is 1. The van der Waals surface area contributed by atoms with E-state index in [4.69, 9.17) is 10.5 Å². The molecule has 0 spiro atoms. The third kappa shape index (κ3) is 4.58. The summed E-state index contributed by atoms with van der Waals surface area (Å²) in [5.74, 6) is -0.595. The maximum atomic E-state index is 13.6. The summed E-state index contributed by atoms with van der Waals surface area (Å²) in [6.45, 7) is 3.48. The predicted octanol–water partition coefficient (Wildman–Crippen LogP) is 2.87. The molecule has 3 amide bonds. The third-order valence-electron chi connectivity index (χ3n) is 5.74. The van der Waals surface area contributed by atoms with E-state index in [1.54, 1.807) is 84.9 Å². The minimum atomic E-state index is -1.49. The highest BCUT2D eigenvalue weighted by molar-refractivity contribution is 6.23. The number of rotatable bonds is 6. The number of benzene rings is 2. The molecule has 0 bridgehead atoms. The van der Waals surface area contributed by atoms with Gasteiger partial charge in [-0.15, -0.1) is 0 Å². The first-order chi connectivity index (χ1) is 16.8. The Labute approximate surface area is 203 Å². The standard InChI is InChI=1S/C26H27N5O4/c1-17(2)30(18-11-13-19(35-3)14-12-18)23(32)16-29-20-8-4-5-9-21(20)31(22-10-6-7-15-28-22)26(34)24(27)25(29)33/h4-15,17,24H,16,27H2,1-3H3. The van der Waals surface area contributed by atoms with Gasteiger partial charge in [-0.3, -0.25) is 24.2 Å². The summed E-state index contributed by atoms with van der Waals surface area (Å²) in [5, 5.41) is 0. The van der Waals surface area contributed by atoms with Gasteiger partial charge in [0.1, 0.15) is 18.1 Å². The molecule has 2 N–H and O–H groups in total. The van der Waals surface area contributed by atoms with E-state index in [0.717, 1.165) is 0 Å². The summed E-state index contributed by atoms with van der Waals surface area (Å²) in [6, 6.07) is 17.4. The normalized spacial score (nSPS) is 15.6. The molecule has 3 aromatic rings. The van der Waals surface area contributed by atoms with E-state index in [2.05, 4.69) is 4.98 Å². The number of hydrogen-bond acceptors (Lipinski definition) is 6. The molecule has 2 aromatic carbocycles. The van der Waals surface area contributed by atoms with Crippen molar-refractivity contribution < 1.29 is 19.1 Å². The molecule has 1 aromatic heterocycles. The van der Waals surface area contributed by atoms with Crippen molar-refractivity contribution in [2.24, 2.45) is 5.73 Å². The van der Waals surface area contributed by atoms with Crippen LogP contribution in [0.2, 0.25) is 0 Å². The zero-order valence-corrected chi connectivity index (χ0v) is 19.8. The van der Waals surface area contributed by atoms with Crippen LogP contribution >= 0.6 is 0 Å². The average molecular weight is 474 g/mol. The molecule has 0 fully saturated rings. The van der Waals surface area contributed by atoms with Crippen molar-refractivity contribution in [3.8, 4) is 5.75 Å². The minimum Gasteiger partial charge on any atom is -0.497 e. The van der Waals surface area contributed by atoms with Crippen molar-refractivity contribution in [3.63, 3.8) is 0 Å². The fourth-order valence-corrected chi connectivity index (χ4v) is 4.10. The van der Waals surface area contributed by atoms with Crippen LogP contribution in [-0.4, -0.2) is 48.4 Å². The number of para-hydroxylation sites is 2. The first-order valence-electron chi connectivity index (χ1n) is 11.2. The lowest BCUT2D eigenvalue weighted by Crippen LogP contribution is -2.53. The van der Waals surface area contributed by atoms with Gasteiger partial charge in [-0.1, -0.05) is 18.2 Å². The number of carbonyl (C=O) groups is 3. The number of pyridine rings is 1. The third-order valence-corrected chi connectivity index (χ3v) is 5.74. The summed E-state index contributed by atoms with van der Waals surface area (Å²) >= 11 is 0. The Hall–Kier alpha value is -4.24. The molecule has 1 aliphatic heterocycles. The highest BCUT2D eigenvalue weighted by Crippen LogP contribution is 2.37. The van der Waals surface area contributed by atoms with Crippen molar-refractivity contribution >= 4 is 40.6 Å². The lowest BCUT2D eigenvalue weighted by Gasteiger charge is -2.31. The number of hydrogen-bond donors (Lipinski definition) is 1. The summed E-state index contributed by atoms with van der Waals surface area (Å²) in [7, 11) is 1.57. The molecule has 2 heterocycles. The fourth-order valence-electron chi connectivity index (χ4n) is 4.10. The molecule has 0 saturated heterocycles. The summed E-state index contributed by atoms with van der Waals surface area (Å²) < 4.78 is 5.21. The van der Waals surface area contributed by atoms with Crippen molar-refractivity contribution in [2.75, 3.05) is 28.4 Å². The molecule has 9 heteroatoms. The van der Waals surface area contributed by atoms with E-state index in [9.17, 15) is 14.4 Å². The fraction of sp³-hybridized carbons (Fsp3) is 0.231. The van der Waals surface area contributed by atoms with Crippen molar-refractivity contribution in [3.05, 3.63) is 72.9 Å². The zero-order valence-electron chi connectivity index (χ0n) is 19.8. The molecule has 0 saturated carbocycles. The topological polar surface area (TPSA) is 109 Å². The largest absolute Gasteiger partial charge is 0.497 e. The van der Waals surface area contributed by atoms with Gasteiger partial charge in [0.25, 0.3) is 11.8 Å². The first-order valence-corrected chi connectivity index (χ1v) is 11.2. The van der Waals surface area contributed by atoms with Gasteiger partial charge in [-0.2, -0.15) is 0 Å². The molecular weight excluding hydrogens is 446 g/mol. The number of ether oxygens (including phenoxy) is 1. The molecule has 1 aliphatic rings. The zero-order chi connectivity index (χ0) is 25.1. The lowest BCUT2D eigenvalue weighted by atomic mass is 10.2. The van der Waals surface area contributed by atoms with E-state index in [1.165, 1.54) is 9.80 Å². The predicted molar refractivity (Wildman–Crippen MR) is 134 cm³/mol. The maximum absolute atomic E-state index is 13.6. The Kier molecular flexibility index (Phi) is 6.79. The molecule has 180 valence electrons. The van der Waals surface area contributed by atoms with E-state index in [0.29, 0.717) is 28.6 Å². The lowest BCUT2D eigenvalue weighted by molar-refractivity contribution is -0.129. The van der Waals surface area contributed by atoms with Crippen molar-refractivity contribution in [1.82, 2.24) is 4.98 Å². The molecular formula is C26H27N5O4. The second kappa shape index (κ2) is 9.94. The van der Waals surface area contributed by atoms with Gasteiger partial charge in [0, 0.05) is 17.9 Å². The Morgan fingerprint density at radius 2 is 1.66 bits per heavy atom. The molecule has 0 aliphatic carbocycles. The second-order valence-electron chi connectivity index (χ2n) is 8.31. The molecule has 4 rings (SSSR count). The van der Waals surface area contributed by atoms with E-state index < -0.39 is 17.9 Å². The van der Waals surface area contributed by atoms with Crippen LogP contribution in [0.1, 0.15) is 13.8 Å². The van der Waals surface area contributed by atoms with Gasteiger partial charge in [-0.05, 0) is 62.4 Å². The van der Waals surface area contributed by atoms with Crippen LogP contribution < -0.4 is 25.2 Å². The van der Waals surface area contributed by atoms with Crippen LogP contribution in [0.15, 0.2) is 72.9 Å². The van der Waals surface area contributed by atoms with Gasteiger partial charge in [0.15, 0.2) is 6.04 Å².